The molecule has 0 fully saturated rings. The molecule has 2 rings (SSSR count). The Morgan fingerprint density at radius 3 is 2.90 bits per heavy atom. The zero-order chi connectivity index (χ0) is 14.7. The second-order valence-electron chi connectivity index (χ2n) is 4.96. The van der Waals surface area contributed by atoms with Gasteiger partial charge in [-0.2, -0.15) is 0 Å². The van der Waals surface area contributed by atoms with Crippen LogP contribution in [0.4, 0.5) is 5.00 Å². The maximum absolute atomic E-state index is 12.2. The molecule has 1 heterocycles. The summed E-state index contributed by atoms with van der Waals surface area (Å²) in [5.41, 5.74) is 1.63. The molecule has 4 nitrogen and oxygen atoms in total. The monoisotopic (exact) mass is 359 g/mol. The maximum atomic E-state index is 12.2. The Morgan fingerprint density at radius 2 is 2.25 bits per heavy atom. The minimum Gasteiger partial charge on any atom is -0.462 e. The number of hydrogen-bond donors (Lipinski definition) is 1. The molecule has 1 aromatic heterocycles. The van der Waals surface area contributed by atoms with Crippen LogP contribution in [-0.4, -0.2) is 23.8 Å². The van der Waals surface area contributed by atoms with Crippen LogP contribution in [0.15, 0.2) is 0 Å². The minimum atomic E-state index is -0.329. The van der Waals surface area contributed by atoms with E-state index in [2.05, 4.69) is 28.2 Å². The van der Waals surface area contributed by atoms with Gasteiger partial charge in [0.05, 0.1) is 17.5 Å². The number of alkyl halides is 1. The third-order valence-corrected chi connectivity index (χ3v) is 5.04. The lowest BCUT2D eigenvalue weighted by Crippen LogP contribution is -2.17. The molecule has 0 aliphatic heterocycles. The molecule has 1 unspecified atom stereocenters. The number of halogens is 1. The van der Waals surface area contributed by atoms with Crippen LogP contribution < -0.4 is 5.32 Å². The summed E-state index contributed by atoms with van der Waals surface area (Å²) in [7, 11) is 0. The van der Waals surface area contributed by atoms with Crippen molar-refractivity contribution in [1.29, 1.82) is 0 Å². The molecule has 1 atom stereocenters. The largest absolute Gasteiger partial charge is 0.462 e. The predicted molar refractivity (Wildman–Crippen MR) is 83.9 cm³/mol. The van der Waals surface area contributed by atoms with Gasteiger partial charge in [-0.25, -0.2) is 4.79 Å². The summed E-state index contributed by atoms with van der Waals surface area (Å²) in [6, 6.07) is 0. The van der Waals surface area contributed by atoms with Crippen LogP contribution >= 0.6 is 27.3 Å². The highest BCUT2D eigenvalue weighted by molar-refractivity contribution is 9.09. The number of hydrogen-bond acceptors (Lipinski definition) is 4. The van der Waals surface area contributed by atoms with Gasteiger partial charge in [-0.3, -0.25) is 4.79 Å². The molecular weight excluding hydrogens is 342 g/mol. The number of anilines is 1. The van der Waals surface area contributed by atoms with Crippen molar-refractivity contribution in [2.45, 2.75) is 33.1 Å². The Balaban J connectivity index is 2.39. The summed E-state index contributed by atoms with van der Waals surface area (Å²) in [5, 5.41) is 3.65. The van der Waals surface area contributed by atoms with Crippen LogP contribution in [-0.2, 0) is 22.4 Å². The smallest absolute Gasteiger partial charge is 0.341 e. The number of carbonyl (C=O) groups is 2. The van der Waals surface area contributed by atoms with Gasteiger partial charge < -0.3 is 10.1 Å². The van der Waals surface area contributed by atoms with E-state index in [0.29, 0.717) is 23.1 Å². The molecule has 0 bridgehead atoms. The lowest BCUT2D eigenvalue weighted by molar-refractivity contribution is -0.113. The molecule has 1 aliphatic carbocycles. The molecule has 1 aromatic rings. The van der Waals surface area contributed by atoms with Crippen molar-refractivity contribution in [3.8, 4) is 0 Å². The van der Waals surface area contributed by atoms with E-state index in [0.717, 1.165) is 24.8 Å². The van der Waals surface area contributed by atoms with Gasteiger partial charge >= 0.3 is 5.97 Å². The van der Waals surface area contributed by atoms with Gasteiger partial charge in [-0.05, 0) is 37.7 Å². The van der Waals surface area contributed by atoms with Gasteiger partial charge in [0.1, 0.15) is 5.00 Å². The quantitative estimate of drug-likeness (QED) is 0.662. The lowest BCUT2D eigenvalue weighted by atomic mass is 9.88. The van der Waals surface area contributed by atoms with Crippen molar-refractivity contribution in [3.05, 3.63) is 16.0 Å². The first-order chi connectivity index (χ1) is 9.56. The first-order valence-electron chi connectivity index (χ1n) is 6.74. The first kappa shape index (κ1) is 15.5. The number of amides is 1. The number of thiophene rings is 1. The summed E-state index contributed by atoms with van der Waals surface area (Å²) in [5.74, 6) is 0.141. The summed E-state index contributed by atoms with van der Waals surface area (Å²) >= 11 is 4.63. The fourth-order valence-corrected chi connectivity index (χ4v) is 3.97. The predicted octanol–water partition coefficient (Wildman–Crippen LogP) is 3.38. The van der Waals surface area contributed by atoms with E-state index >= 15 is 0 Å². The van der Waals surface area contributed by atoms with Crippen molar-refractivity contribution < 1.29 is 14.3 Å². The van der Waals surface area contributed by atoms with E-state index in [1.165, 1.54) is 16.2 Å². The highest BCUT2D eigenvalue weighted by Crippen LogP contribution is 2.40. The van der Waals surface area contributed by atoms with Gasteiger partial charge in [0.15, 0.2) is 0 Å². The lowest BCUT2D eigenvalue weighted by Gasteiger charge is -2.18. The molecule has 0 aromatic carbocycles. The number of esters is 1. The van der Waals surface area contributed by atoms with E-state index in [1.807, 2.05) is 0 Å². The molecule has 0 saturated heterocycles. The first-order valence-corrected chi connectivity index (χ1v) is 8.68. The summed E-state index contributed by atoms with van der Waals surface area (Å²) in [4.78, 5) is 25.0. The molecule has 20 heavy (non-hydrogen) atoms. The summed E-state index contributed by atoms with van der Waals surface area (Å²) in [6.07, 6.45) is 2.92. The Kier molecular flexibility index (Phi) is 5.21. The van der Waals surface area contributed by atoms with E-state index in [4.69, 9.17) is 4.74 Å². The van der Waals surface area contributed by atoms with Crippen molar-refractivity contribution in [2.75, 3.05) is 17.3 Å². The standard InChI is InChI=1S/C14H18BrNO3S/c1-3-19-14(18)12-9-5-4-8(2)6-10(9)20-13(12)16-11(17)7-15/h8H,3-7H2,1-2H3,(H,16,17). The number of ether oxygens (including phenoxy) is 1. The van der Waals surface area contributed by atoms with Crippen LogP contribution in [0.2, 0.25) is 0 Å². The molecule has 6 heteroatoms. The van der Waals surface area contributed by atoms with Gasteiger partial charge in [0, 0.05) is 4.88 Å². The fraction of sp³-hybridized carbons (Fsp3) is 0.571. The van der Waals surface area contributed by atoms with Crippen molar-refractivity contribution in [1.82, 2.24) is 0 Å². The second kappa shape index (κ2) is 6.72. The SMILES string of the molecule is CCOC(=O)c1c(NC(=O)CBr)sc2c1CCC(C)C2. The van der Waals surface area contributed by atoms with E-state index in [9.17, 15) is 9.59 Å². The van der Waals surface area contributed by atoms with E-state index in [1.54, 1.807) is 6.92 Å². The average molecular weight is 360 g/mol. The summed E-state index contributed by atoms with van der Waals surface area (Å²) < 4.78 is 5.14. The fourth-order valence-electron chi connectivity index (χ4n) is 2.42. The number of rotatable bonds is 4. The molecule has 1 aliphatic rings. The minimum absolute atomic E-state index is 0.151. The molecule has 0 radical (unpaired) electrons. The van der Waals surface area contributed by atoms with Crippen molar-refractivity contribution in [2.24, 2.45) is 5.92 Å². The van der Waals surface area contributed by atoms with Crippen LogP contribution in [0.3, 0.4) is 0 Å². The van der Waals surface area contributed by atoms with Crippen molar-refractivity contribution >= 4 is 44.1 Å². The normalized spacial score (nSPS) is 17.4. The number of carbonyl (C=O) groups excluding carboxylic acids is 2. The Morgan fingerprint density at radius 1 is 1.50 bits per heavy atom. The topological polar surface area (TPSA) is 55.4 Å². The molecule has 0 spiro atoms. The number of fused-ring (bicyclic) bond motifs is 1. The zero-order valence-electron chi connectivity index (χ0n) is 11.6. The molecule has 1 amide bonds. The third-order valence-electron chi connectivity index (χ3n) is 3.37. The van der Waals surface area contributed by atoms with Gasteiger partial charge in [0.25, 0.3) is 0 Å². The highest BCUT2D eigenvalue weighted by atomic mass is 79.9. The summed E-state index contributed by atoms with van der Waals surface area (Å²) in [6.45, 7) is 4.34. The molecular formula is C14H18BrNO3S. The average Bonchev–Trinajstić information content (AvgIpc) is 2.75. The van der Waals surface area contributed by atoms with Crippen LogP contribution in [0, 0.1) is 5.92 Å². The Bertz CT molecular complexity index is 527. The van der Waals surface area contributed by atoms with E-state index < -0.39 is 0 Å². The molecule has 110 valence electrons. The van der Waals surface area contributed by atoms with Gasteiger partial charge in [0.2, 0.25) is 5.91 Å². The van der Waals surface area contributed by atoms with Crippen LogP contribution in [0.1, 0.15) is 41.1 Å². The maximum Gasteiger partial charge on any atom is 0.341 e. The highest BCUT2D eigenvalue weighted by Gasteiger charge is 2.28. The van der Waals surface area contributed by atoms with E-state index in [-0.39, 0.29) is 17.2 Å². The third kappa shape index (κ3) is 3.23. The second-order valence-corrected chi connectivity index (χ2v) is 6.62. The van der Waals surface area contributed by atoms with Crippen LogP contribution in [0.25, 0.3) is 0 Å². The number of nitrogens with one attached hydrogen (secondary N) is 1. The molecule has 0 saturated carbocycles. The van der Waals surface area contributed by atoms with Crippen molar-refractivity contribution in [3.63, 3.8) is 0 Å². The molecule has 1 N–H and O–H groups in total. The Hall–Kier alpha value is -0.880. The van der Waals surface area contributed by atoms with Crippen LogP contribution in [0.5, 0.6) is 0 Å². The van der Waals surface area contributed by atoms with Gasteiger partial charge in [-0.15, -0.1) is 11.3 Å². The van der Waals surface area contributed by atoms with Gasteiger partial charge in [-0.1, -0.05) is 22.9 Å². The Labute approximate surface area is 131 Å². The zero-order valence-corrected chi connectivity index (χ0v) is 14.0.